The van der Waals surface area contributed by atoms with Crippen LogP contribution in [0, 0.1) is 18.6 Å². The van der Waals surface area contributed by atoms with Crippen molar-refractivity contribution in [2.75, 3.05) is 12.3 Å². The highest BCUT2D eigenvalue weighted by Gasteiger charge is 2.26. The van der Waals surface area contributed by atoms with E-state index in [2.05, 4.69) is 5.32 Å². The van der Waals surface area contributed by atoms with E-state index in [0.717, 1.165) is 17.5 Å². The summed E-state index contributed by atoms with van der Waals surface area (Å²) in [5.41, 5.74) is 9.88. The summed E-state index contributed by atoms with van der Waals surface area (Å²) in [6, 6.07) is 13.0. The Morgan fingerprint density at radius 1 is 1.00 bits per heavy atom. The zero-order valence-corrected chi connectivity index (χ0v) is 18.6. The monoisotopic (exact) mass is 438 g/mol. The van der Waals surface area contributed by atoms with E-state index < -0.39 is 11.6 Å². The first-order valence-corrected chi connectivity index (χ1v) is 10.7. The number of carbonyl (C=O) groups is 1. The van der Waals surface area contributed by atoms with Gasteiger partial charge < -0.3 is 15.8 Å². The first-order valence-electron chi connectivity index (χ1n) is 10.7. The quantitative estimate of drug-likeness (QED) is 0.437. The maximum atomic E-state index is 14.3. The van der Waals surface area contributed by atoms with Gasteiger partial charge in [0.15, 0.2) is 0 Å². The Kier molecular flexibility index (Phi) is 7.46. The van der Waals surface area contributed by atoms with Crippen molar-refractivity contribution in [3.63, 3.8) is 0 Å². The molecule has 0 aliphatic heterocycles. The van der Waals surface area contributed by atoms with Crippen LogP contribution in [0.5, 0.6) is 5.75 Å². The topological polar surface area (TPSA) is 64.4 Å². The smallest absolute Gasteiger partial charge is 0.252 e. The van der Waals surface area contributed by atoms with Gasteiger partial charge in [-0.3, -0.25) is 4.79 Å². The molecule has 3 N–H and O–H groups in total. The summed E-state index contributed by atoms with van der Waals surface area (Å²) < 4.78 is 34.6. The summed E-state index contributed by atoms with van der Waals surface area (Å²) in [7, 11) is 0. The lowest BCUT2D eigenvalue weighted by Gasteiger charge is -2.24. The average molecular weight is 439 g/mol. The van der Waals surface area contributed by atoms with Crippen molar-refractivity contribution in [3.05, 3.63) is 82.4 Å². The zero-order valence-electron chi connectivity index (χ0n) is 18.6. The summed E-state index contributed by atoms with van der Waals surface area (Å²) in [6.45, 7) is 5.77. The average Bonchev–Trinajstić information content (AvgIpc) is 2.78. The molecule has 3 aromatic carbocycles. The minimum absolute atomic E-state index is 0.173. The van der Waals surface area contributed by atoms with E-state index in [1.165, 1.54) is 18.2 Å². The van der Waals surface area contributed by atoms with Crippen LogP contribution >= 0.6 is 0 Å². The van der Waals surface area contributed by atoms with Crippen molar-refractivity contribution in [1.29, 1.82) is 0 Å². The van der Waals surface area contributed by atoms with Gasteiger partial charge in [0, 0.05) is 23.4 Å². The molecular formula is C26H28F2N2O2. The minimum atomic E-state index is -0.688. The highest BCUT2D eigenvalue weighted by atomic mass is 19.1. The van der Waals surface area contributed by atoms with E-state index in [0.29, 0.717) is 41.1 Å². The Morgan fingerprint density at radius 2 is 1.66 bits per heavy atom. The number of halogens is 2. The molecule has 4 nitrogen and oxygen atoms in total. The molecule has 0 atom stereocenters. The highest BCUT2D eigenvalue weighted by molar-refractivity contribution is 6.06. The molecule has 0 fully saturated rings. The molecule has 0 heterocycles. The third kappa shape index (κ3) is 4.59. The molecule has 0 radical (unpaired) electrons. The Labute approximate surface area is 187 Å². The lowest BCUT2D eigenvalue weighted by atomic mass is 9.88. The fourth-order valence-electron chi connectivity index (χ4n) is 3.82. The lowest BCUT2D eigenvalue weighted by molar-refractivity contribution is 0.0955. The van der Waals surface area contributed by atoms with Gasteiger partial charge >= 0.3 is 0 Å². The van der Waals surface area contributed by atoms with Crippen molar-refractivity contribution in [1.82, 2.24) is 5.32 Å². The molecule has 32 heavy (non-hydrogen) atoms. The number of anilines is 1. The summed E-state index contributed by atoms with van der Waals surface area (Å²) in [4.78, 5) is 13.1. The second kappa shape index (κ2) is 10.3. The molecule has 0 bridgehead atoms. The predicted molar refractivity (Wildman–Crippen MR) is 124 cm³/mol. The molecule has 0 unspecified atom stereocenters. The Hall–Kier alpha value is -3.41. The number of hydrogen-bond acceptors (Lipinski definition) is 3. The fraction of sp³-hybridized carbons (Fsp3) is 0.269. The summed E-state index contributed by atoms with van der Waals surface area (Å²) in [5, 5.41) is 2.84. The molecule has 0 aliphatic rings. The van der Waals surface area contributed by atoms with Gasteiger partial charge in [-0.25, -0.2) is 8.78 Å². The van der Waals surface area contributed by atoms with Gasteiger partial charge in [0.1, 0.15) is 24.0 Å². The first-order chi connectivity index (χ1) is 15.4. The molecule has 0 aromatic heterocycles. The predicted octanol–water partition coefficient (Wildman–Crippen LogP) is 5.80. The summed E-state index contributed by atoms with van der Waals surface area (Å²) in [6.07, 6.45) is 1.38. The zero-order chi connectivity index (χ0) is 23.3. The number of carbonyl (C=O) groups excluding carboxylic acids is 1. The maximum absolute atomic E-state index is 14.3. The van der Waals surface area contributed by atoms with Gasteiger partial charge in [-0.2, -0.15) is 0 Å². The molecular weight excluding hydrogens is 410 g/mol. The van der Waals surface area contributed by atoms with Crippen LogP contribution in [0.3, 0.4) is 0 Å². The summed E-state index contributed by atoms with van der Waals surface area (Å²) >= 11 is 0. The van der Waals surface area contributed by atoms with Gasteiger partial charge in [-0.05, 0) is 43.5 Å². The highest BCUT2D eigenvalue weighted by Crippen LogP contribution is 2.43. The van der Waals surface area contributed by atoms with Crippen LogP contribution in [0.4, 0.5) is 14.5 Å². The van der Waals surface area contributed by atoms with E-state index in [-0.39, 0.29) is 18.1 Å². The molecule has 1 amide bonds. The molecule has 6 heteroatoms. The number of benzene rings is 3. The third-order valence-electron chi connectivity index (χ3n) is 5.40. The number of rotatable bonds is 8. The van der Waals surface area contributed by atoms with Crippen molar-refractivity contribution < 1.29 is 18.3 Å². The van der Waals surface area contributed by atoms with Crippen LogP contribution in [0.1, 0.15) is 47.3 Å². The van der Waals surface area contributed by atoms with Crippen molar-refractivity contribution in [2.45, 2.75) is 40.2 Å². The van der Waals surface area contributed by atoms with Gasteiger partial charge in [-0.1, -0.05) is 49.7 Å². The van der Waals surface area contributed by atoms with Crippen molar-refractivity contribution >= 4 is 11.6 Å². The third-order valence-corrected chi connectivity index (χ3v) is 5.40. The largest absolute Gasteiger partial charge is 0.488 e. The van der Waals surface area contributed by atoms with Crippen LogP contribution in [0.25, 0.3) is 11.1 Å². The molecule has 0 saturated heterocycles. The van der Waals surface area contributed by atoms with E-state index in [4.69, 9.17) is 10.5 Å². The van der Waals surface area contributed by atoms with Gasteiger partial charge in [-0.15, -0.1) is 0 Å². The van der Waals surface area contributed by atoms with Crippen LogP contribution in [-0.2, 0) is 13.0 Å². The SMILES string of the molecule is CCCc1c(N)c(C)c(C(=O)NCC)c(-c2ccccc2)c1OCc1c(F)cccc1F. The van der Waals surface area contributed by atoms with E-state index in [9.17, 15) is 13.6 Å². The van der Waals surface area contributed by atoms with E-state index in [1.807, 2.05) is 51.1 Å². The molecule has 0 aliphatic carbocycles. The second-order valence-corrected chi connectivity index (χ2v) is 7.56. The van der Waals surface area contributed by atoms with Crippen molar-refractivity contribution in [2.24, 2.45) is 0 Å². The molecule has 3 aromatic rings. The Bertz CT molecular complexity index is 1090. The van der Waals surface area contributed by atoms with Crippen LogP contribution in [-0.4, -0.2) is 12.5 Å². The Balaban J connectivity index is 2.27. The van der Waals surface area contributed by atoms with Crippen LogP contribution < -0.4 is 15.8 Å². The number of ether oxygens (including phenoxy) is 1. The molecule has 0 saturated carbocycles. The number of nitrogen functional groups attached to an aromatic ring is 1. The van der Waals surface area contributed by atoms with Gasteiger partial charge in [0.25, 0.3) is 5.91 Å². The second-order valence-electron chi connectivity index (χ2n) is 7.56. The number of nitrogens with two attached hydrogens (primary N) is 1. The first kappa shape index (κ1) is 23.3. The van der Waals surface area contributed by atoms with E-state index >= 15 is 0 Å². The standard InChI is InChI=1S/C26H28F2N2O2/c1-4-10-18-24(29)16(3)22(26(31)30-5-2)23(17-11-7-6-8-12-17)25(18)32-15-19-20(27)13-9-14-21(19)28/h6-9,11-14H,4-5,10,15,29H2,1-3H3,(H,30,31). The van der Waals surface area contributed by atoms with Crippen molar-refractivity contribution in [3.8, 4) is 16.9 Å². The summed E-state index contributed by atoms with van der Waals surface area (Å²) in [5.74, 6) is -1.27. The minimum Gasteiger partial charge on any atom is -0.488 e. The van der Waals surface area contributed by atoms with Crippen LogP contribution in [0.2, 0.25) is 0 Å². The van der Waals surface area contributed by atoms with Gasteiger partial charge in [0.2, 0.25) is 0 Å². The number of hydrogen-bond donors (Lipinski definition) is 2. The molecule has 3 rings (SSSR count). The number of nitrogens with one attached hydrogen (secondary N) is 1. The molecule has 168 valence electrons. The normalized spacial score (nSPS) is 10.8. The van der Waals surface area contributed by atoms with Crippen LogP contribution in [0.15, 0.2) is 48.5 Å². The lowest BCUT2D eigenvalue weighted by Crippen LogP contribution is -2.25. The molecule has 0 spiro atoms. The van der Waals surface area contributed by atoms with E-state index in [1.54, 1.807) is 0 Å². The fourth-order valence-corrected chi connectivity index (χ4v) is 3.82. The maximum Gasteiger partial charge on any atom is 0.252 e. The number of amides is 1. The van der Waals surface area contributed by atoms with Gasteiger partial charge in [0.05, 0.1) is 11.1 Å². The Morgan fingerprint density at radius 3 is 2.25 bits per heavy atom.